The second kappa shape index (κ2) is 7.38. The summed E-state index contributed by atoms with van der Waals surface area (Å²) in [5.74, 6) is 0. The molecule has 0 aromatic carbocycles. The highest BCUT2D eigenvalue weighted by Gasteiger charge is 2.27. The first-order valence-electron chi connectivity index (χ1n) is 8.25. The van der Waals surface area contributed by atoms with Gasteiger partial charge in [0.05, 0.1) is 6.20 Å². The van der Waals surface area contributed by atoms with Crippen molar-refractivity contribution >= 4 is 0 Å². The Morgan fingerprint density at radius 2 is 2.24 bits per heavy atom. The number of rotatable bonds is 7. The predicted molar refractivity (Wildman–Crippen MR) is 87.3 cm³/mol. The van der Waals surface area contributed by atoms with Crippen molar-refractivity contribution in [2.24, 2.45) is 5.73 Å². The van der Waals surface area contributed by atoms with Crippen LogP contribution in [0.1, 0.15) is 51.3 Å². The Balaban J connectivity index is 2.02. The lowest BCUT2D eigenvalue weighted by Crippen LogP contribution is -2.41. The molecule has 0 amide bonds. The topological polar surface area (TPSA) is 50.3 Å². The number of nitrogens with zero attached hydrogens (tertiary/aromatic N) is 4. The third kappa shape index (κ3) is 3.84. The molecule has 21 heavy (non-hydrogen) atoms. The van der Waals surface area contributed by atoms with E-state index in [1.165, 1.54) is 24.9 Å². The largest absolute Gasteiger partial charge is 0.329 e. The first-order valence-corrected chi connectivity index (χ1v) is 8.25. The summed E-state index contributed by atoms with van der Waals surface area (Å²) in [6, 6.07) is 1.33. The molecule has 5 nitrogen and oxygen atoms in total. The summed E-state index contributed by atoms with van der Waals surface area (Å²) < 4.78 is 2.01. The molecule has 1 aliphatic rings. The van der Waals surface area contributed by atoms with Gasteiger partial charge in [0, 0.05) is 43.0 Å². The van der Waals surface area contributed by atoms with Gasteiger partial charge in [-0.15, -0.1) is 0 Å². The molecule has 2 heterocycles. The summed E-state index contributed by atoms with van der Waals surface area (Å²) in [5, 5.41) is 4.45. The molecule has 2 rings (SSSR count). The first-order chi connectivity index (χ1) is 10.1. The zero-order valence-corrected chi connectivity index (χ0v) is 14.0. The van der Waals surface area contributed by atoms with Crippen LogP contribution >= 0.6 is 0 Å². The lowest BCUT2D eigenvalue weighted by molar-refractivity contribution is 0.166. The minimum atomic E-state index is 0.261. The zero-order chi connectivity index (χ0) is 15.4. The standard InChI is InChI=1S/C16H31N5/c1-5-20-8-6-7-15(20)12-19(4)16(9-17)14-10-18-21(11-14)13(2)3/h10-11,13,15-16H,5-9,12,17H2,1-4H3. The molecule has 1 fully saturated rings. The van der Waals surface area contributed by atoms with Crippen LogP contribution in [-0.4, -0.2) is 58.8 Å². The van der Waals surface area contributed by atoms with Crippen molar-refractivity contribution < 1.29 is 0 Å². The van der Waals surface area contributed by atoms with E-state index in [0.29, 0.717) is 18.6 Å². The van der Waals surface area contributed by atoms with Crippen LogP contribution in [0.4, 0.5) is 0 Å². The molecule has 5 heteroatoms. The van der Waals surface area contributed by atoms with Crippen molar-refractivity contribution in [3.05, 3.63) is 18.0 Å². The summed E-state index contributed by atoms with van der Waals surface area (Å²) >= 11 is 0. The Hall–Kier alpha value is -0.910. The fourth-order valence-corrected chi connectivity index (χ4v) is 3.36. The molecule has 1 aromatic heterocycles. The zero-order valence-electron chi connectivity index (χ0n) is 14.0. The second-order valence-corrected chi connectivity index (χ2v) is 6.46. The molecular weight excluding hydrogens is 262 g/mol. The van der Waals surface area contributed by atoms with Crippen LogP contribution in [0.25, 0.3) is 0 Å². The summed E-state index contributed by atoms with van der Waals surface area (Å²) in [5.41, 5.74) is 7.27. The van der Waals surface area contributed by atoms with Crippen molar-refractivity contribution in [2.45, 2.75) is 51.7 Å². The van der Waals surface area contributed by atoms with E-state index in [0.717, 1.165) is 13.1 Å². The normalized spacial score (nSPS) is 21.6. The summed E-state index contributed by atoms with van der Waals surface area (Å²) in [6.07, 6.45) is 6.75. The fourth-order valence-electron chi connectivity index (χ4n) is 3.36. The Morgan fingerprint density at radius 1 is 1.48 bits per heavy atom. The number of hydrogen-bond donors (Lipinski definition) is 1. The van der Waals surface area contributed by atoms with Crippen molar-refractivity contribution in [1.29, 1.82) is 0 Å². The van der Waals surface area contributed by atoms with Crippen LogP contribution in [-0.2, 0) is 0 Å². The van der Waals surface area contributed by atoms with Crippen LogP contribution in [0, 0.1) is 0 Å². The molecule has 0 radical (unpaired) electrons. The van der Waals surface area contributed by atoms with Crippen LogP contribution < -0.4 is 5.73 Å². The molecule has 2 unspecified atom stereocenters. The minimum absolute atomic E-state index is 0.261. The number of likely N-dealkylation sites (tertiary alicyclic amines) is 1. The molecule has 1 saturated heterocycles. The highest BCUT2D eigenvalue weighted by Crippen LogP contribution is 2.23. The van der Waals surface area contributed by atoms with Gasteiger partial charge in [-0.05, 0) is 46.8 Å². The maximum absolute atomic E-state index is 6.04. The average molecular weight is 293 g/mol. The highest BCUT2D eigenvalue weighted by molar-refractivity contribution is 5.11. The summed E-state index contributed by atoms with van der Waals surface area (Å²) in [6.45, 7) is 10.7. The minimum Gasteiger partial charge on any atom is -0.329 e. The maximum Gasteiger partial charge on any atom is 0.0538 e. The quantitative estimate of drug-likeness (QED) is 0.834. The summed E-state index contributed by atoms with van der Waals surface area (Å²) in [4.78, 5) is 4.99. The van der Waals surface area contributed by atoms with Gasteiger partial charge < -0.3 is 5.73 Å². The molecule has 0 bridgehead atoms. The van der Waals surface area contributed by atoms with Crippen LogP contribution in [0.2, 0.25) is 0 Å². The van der Waals surface area contributed by atoms with Crippen LogP contribution in [0.5, 0.6) is 0 Å². The monoisotopic (exact) mass is 293 g/mol. The van der Waals surface area contributed by atoms with E-state index in [1.807, 2.05) is 10.9 Å². The van der Waals surface area contributed by atoms with Gasteiger partial charge in [-0.1, -0.05) is 6.92 Å². The highest BCUT2D eigenvalue weighted by atomic mass is 15.3. The van der Waals surface area contributed by atoms with Gasteiger partial charge >= 0.3 is 0 Å². The Bertz CT molecular complexity index is 428. The lowest BCUT2D eigenvalue weighted by atomic mass is 10.1. The van der Waals surface area contributed by atoms with Gasteiger partial charge in [0.1, 0.15) is 0 Å². The van der Waals surface area contributed by atoms with Gasteiger partial charge in [0.25, 0.3) is 0 Å². The van der Waals surface area contributed by atoms with E-state index in [-0.39, 0.29) is 6.04 Å². The van der Waals surface area contributed by atoms with Crippen molar-refractivity contribution in [2.75, 3.05) is 33.2 Å². The average Bonchev–Trinajstić information content (AvgIpc) is 3.08. The van der Waals surface area contributed by atoms with E-state index < -0.39 is 0 Å². The molecular formula is C16H31N5. The smallest absolute Gasteiger partial charge is 0.0538 e. The third-order valence-electron chi connectivity index (χ3n) is 4.69. The molecule has 0 spiro atoms. The Morgan fingerprint density at radius 3 is 2.81 bits per heavy atom. The van der Waals surface area contributed by atoms with Crippen LogP contribution in [0.3, 0.4) is 0 Å². The predicted octanol–water partition coefficient (Wildman–Crippen LogP) is 1.88. The Labute approximate surface area is 129 Å². The first kappa shape index (κ1) is 16.5. The van der Waals surface area contributed by atoms with E-state index in [2.05, 4.69) is 48.9 Å². The van der Waals surface area contributed by atoms with E-state index >= 15 is 0 Å². The van der Waals surface area contributed by atoms with Gasteiger partial charge in [-0.2, -0.15) is 5.10 Å². The molecule has 1 aliphatic heterocycles. The van der Waals surface area contributed by atoms with E-state index in [9.17, 15) is 0 Å². The summed E-state index contributed by atoms with van der Waals surface area (Å²) in [7, 11) is 2.19. The molecule has 0 saturated carbocycles. The second-order valence-electron chi connectivity index (χ2n) is 6.46. The molecule has 2 atom stereocenters. The molecule has 0 aliphatic carbocycles. The van der Waals surface area contributed by atoms with E-state index in [4.69, 9.17) is 5.73 Å². The Kier molecular flexibility index (Phi) is 5.79. The lowest BCUT2D eigenvalue weighted by Gasteiger charge is -2.32. The molecule has 120 valence electrons. The number of aromatic nitrogens is 2. The van der Waals surface area contributed by atoms with Gasteiger partial charge in [-0.3, -0.25) is 14.5 Å². The maximum atomic E-state index is 6.04. The fraction of sp³-hybridized carbons (Fsp3) is 0.812. The van der Waals surface area contributed by atoms with Crippen molar-refractivity contribution in [3.63, 3.8) is 0 Å². The third-order valence-corrected chi connectivity index (χ3v) is 4.69. The van der Waals surface area contributed by atoms with Crippen LogP contribution in [0.15, 0.2) is 12.4 Å². The van der Waals surface area contributed by atoms with Crippen molar-refractivity contribution in [1.82, 2.24) is 19.6 Å². The number of likely N-dealkylation sites (N-methyl/N-ethyl adjacent to an activating group) is 2. The van der Waals surface area contributed by atoms with Gasteiger partial charge in [0.2, 0.25) is 0 Å². The van der Waals surface area contributed by atoms with Gasteiger partial charge in [-0.25, -0.2) is 0 Å². The molecule has 1 aromatic rings. The number of hydrogen-bond acceptors (Lipinski definition) is 4. The van der Waals surface area contributed by atoms with Gasteiger partial charge in [0.15, 0.2) is 0 Å². The SMILES string of the molecule is CCN1CCCC1CN(C)C(CN)c1cnn(C(C)C)c1. The number of nitrogens with two attached hydrogens (primary N) is 1. The van der Waals surface area contributed by atoms with E-state index in [1.54, 1.807) is 0 Å². The molecule has 2 N–H and O–H groups in total. The van der Waals surface area contributed by atoms with Crippen molar-refractivity contribution in [3.8, 4) is 0 Å².